The molecule has 3 aromatic rings. The maximum absolute atomic E-state index is 7.59. The highest BCUT2D eigenvalue weighted by Gasteiger charge is 2.17. The number of thiocarbonyl (C=S) groups is 1. The second kappa shape index (κ2) is 7.54. The largest absolute Gasteiger partial charge is 0.297 e. The van der Waals surface area contributed by atoms with E-state index in [2.05, 4.69) is 42.3 Å². The number of nitrogens with zero attached hydrogens (tertiary/aromatic N) is 1. The maximum Gasteiger partial charge on any atom is 0.297 e. The number of aromatic nitrogens is 1. The average Bonchev–Trinajstić information content (AvgIpc) is 2.62. The van der Waals surface area contributed by atoms with Crippen molar-refractivity contribution in [1.29, 1.82) is 5.41 Å². The van der Waals surface area contributed by atoms with Crippen molar-refractivity contribution < 1.29 is 4.57 Å². The number of rotatable bonds is 4. The minimum atomic E-state index is 0.607. The lowest BCUT2D eigenvalue weighted by molar-refractivity contribution is -0.574. The smallest absolute Gasteiger partial charge is 0.253 e. The lowest BCUT2D eigenvalue weighted by atomic mass is 10.1. The van der Waals surface area contributed by atoms with Gasteiger partial charge in [-0.2, -0.15) is 4.57 Å². The van der Waals surface area contributed by atoms with E-state index in [0.717, 1.165) is 5.75 Å². The summed E-state index contributed by atoms with van der Waals surface area (Å²) in [5.41, 5.74) is 3.03. The number of fused-ring (bicyclic) bond motifs is 1. The highest BCUT2D eigenvalue weighted by Crippen LogP contribution is 2.24. The molecule has 0 radical (unpaired) electrons. The number of hydrogen-bond acceptors (Lipinski definition) is 3. The zero-order valence-electron chi connectivity index (χ0n) is 13.3. The molecule has 2 aromatic carbocycles. The van der Waals surface area contributed by atoms with E-state index in [0.29, 0.717) is 9.89 Å². The molecule has 0 fully saturated rings. The fraction of sp³-hybridized carbons (Fsp3) is 0.100. The Kier molecular flexibility index (Phi) is 5.21. The molecule has 0 aliphatic heterocycles. The van der Waals surface area contributed by atoms with Gasteiger partial charge in [-0.25, -0.2) is 0 Å². The Balaban J connectivity index is 1.79. The van der Waals surface area contributed by atoms with Crippen molar-refractivity contribution >= 4 is 50.5 Å². The van der Waals surface area contributed by atoms with Crippen LogP contribution in [0, 0.1) is 12.3 Å². The van der Waals surface area contributed by atoms with Crippen molar-refractivity contribution in [1.82, 2.24) is 0 Å². The summed E-state index contributed by atoms with van der Waals surface area (Å²) in [6.07, 6.45) is 3.83. The van der Waals surface area contributed by atoms with Crippen molar-refractivity contribution in [2.24, 2.45) is 0 Å². The first kappa shape index (κ1) is 16.6. The first-order valence-corrected chi connectivity index (χ1v) is 9.00. The third-order valence-corrected chi connectivity index (χ3v) is 5.26. The van der Waals surface area contributed by atoms with Crippen molar-refractivity contribution in [3.05, 3.63) is 78.1 Å². The summed E-state index contributed by atoms with van der Waals surface area (Å²) in [4.78, 5) is 0. The number of thioether (sulfide) groups is 1. The van der Waals surface area contributed by atoms with Crippen molar-refractivity contribution in [2.75, 3.05) is 0 Å². The molecule has 24 heavy (non-hydrogen) atoms. The molecular weight excluding hydrogens is 332 g/mol. The number of nitrogens with one attached hydrogen (secondary N) is 1. The molecule has 0 bridgehead atoms. The van der Waals surface area contributed by atoms with Gasteiger partial charge in [0.05, 0.1) is 5.87 Å². The molecule has 0 spiro atoms. The van der Waals surface area contributed by atoms with E-state index in [1.165, 1.54) is 21.9 Å². The van der Waals surface area contributed by atoms with Gasteiger partial charge in [0.2, 0.25) is 0 Å². The molecule has 0 saturated carbocycles. The minimum Gasteiger partial charge on any atom is -0.253 e. The highest BCUT2D eigenvalue weighted by molar-refractivity contribution is 8.23. The Morgan fingerprint density at radius 1 is 1.08 bits per heavy atom. The first-order chi connectivity index (χ1) is 11.7. The second-order valence-corrected chi connectivity index (χ2v) is 7.12. The van der Waals surface area contributed by atoms with Crippen LogP contribution in [0.1, 0.15) is 11.1 Å². The van der Waals surface area contributed by atoms with Gasteiger partial charge in [0, 0.05) is 17.9 Å². The Bertz CT molecular complexity index is 934. The Labute approximate surface area is 151 Å². The summed E-state index contributed by atoms with van der Waals surface area (Å²) in [6, 6.07) is 18.7. The van der Waals surface area contributed by atoms with E-state index in [1.54, 1.807) is 11.8 Å². The quantitative estimate of drug-likeness (QED) is 0.317. The molecule has 0 saturated heterocycles. The highest BCUT2D eigenvalue weighted by atomic mass is 32.2. The zero-order valence-corrected chi connectivity index (χ0v) is 15.0. The maximum atomic E-state index is 7.59. The summed E-state index contributed by atoms with van der Waals surface area (Å²) in [6.45, 7) is 2.03. The van der Waals surface area contributed by atoms with Crippen LogP contribution in [0.25, 0.3) is 16.5 Å². The summed E-state index contributed by atoms with van der Waals surface area (Å²) in [7, 11) is 0. The molecule has 0 aliphatic carbocycles. The van der Waals surface area contributed by atoms with Crippen LogP contribution >= 0.6 is 24.0 Å². The fourth-order valence-corrected chi connectivity index (χ4v) is 3.67. The van der Waals surface area contributed by atoms with Crippen LogP contribution in [0.2, 0.25) is 0 Å². The Hall–Kier alpha value is -2.26. The minimum absolute atomic E-state index is 0.607. The first-order valence-electron chi connectivity index (χ1n) is 7.61. The molecule has 1 N–H and O–H groups in total. The summed E-state index contributed by atoms with van der Waals surface area (Å²) < 4.78 is 2.52. The third-order valence-electron chi connectivity index (χ3n) is 3.80. The van der Waals surface area contributed by atoms with Crippen LogP contribution in [0.4, 0.5) is 0 Å². The van der Waals surface area contributed by atoms with Crippen LogP contribution in [0.3, 0.4) is 0 Å². The molecule has 0 aliphatic rings. The van der Waals surface area contributed by atoms with Crippen LogP contribution in [-0.2, 0) is 5.75 Å². The Morgan fingerprint density at radius 2 is 1.79 bits per heavy atom. The van der Waals surface area contributed by atoms with Gasteiger partial charge in [-0.1, -0.05) is 54.7 Å². The van der Waals surface area contributed by atoms with E-state index in [1.807, 2.05) is 42.1 Å². The van der Waals surface area contributed by atoms with Crippen LogP contribution in [0.5, 0.6) is 0 Å². The molecule has 118 valence electrons. The van der Waals surface area contributed by atoms with Gasteiger partial charge in [-0.05, 0) is 28.8 Å². The molecule has 0 atom stereocenters. The van der Waals surface area contributed by atoms with Gasteiger partial charge < -0.3 is 0 Å². The lowest BCUT2D eigenvalue weighted by Gasteiger charge is -2.06. The molecule has 0 unspecified atom stereocenters. The van der Waals surface area contributed by atoms with Gasteiger partial charge in [0.1, 0.15) is 0 Å². The normalized spacial score (nSPS) is 10.4. The molecule has 3 rings (SSSR count). The van der Waals surface area contributed by atoms with Crippen molar-refractivity contribution in [3.63, 3.8) is 0 Å². The number of aryl methyl sites for hydroxylation is 1. The molecular formula is C20H17N2S2+. The van der Waals surface area contributed by atoms with Crippen LogP contribution in [-0.4, -0.2) is 10.1 Å². The van der Waals surface area contributed by atoms with E-state index >= 15 is 0 Å². The van der Waals surface area contributed by atoms with Gasteiger partial charge >= 0.3 is 0 Å². The average molecular weight is 350 g/mol. The van der Waals surface area contributed by atoms with Gasteiger partial charge in [0.15, 0.2) is 16.6 Å². The molecule has 1 aromatic heterocycles. The van der Waals surface area contributed by atoms with E-state index in [-0.39, 0.29) is 0 Å². The number of hydrogen-bond donors (Lipinski definition) is 1. The van der Waals surface area contributed by atoms with E-state index in [4.69, 9.17) is 17.6 Å². The van der Waals surface area contributed by atoms with Crippen LogP contribution in [0.15, 0.2) is 67.0 Å². The molecule has 2 nitrogen and oxygen atoms in total. The van der Waals surface area contributed by atoms with E-state index in [9.17, 15) is 0 Å². The SMILES string of the molecule is Cc1cc[n+](C(=C=N)C(=S)SCc2cccc3ccccc23)cc1. The van der Waals surface area contributed by atoms with Gasteiger partial charge in [-0.3, -0.25) is 5.41 Å². The predicted octanol–water partition coefficient (Wildman–Crippen LogP) is 4.79. The van der Waals surface area contributed by atoms with Crippen molar-refractivity contribution in [2.45, 2.75) is 12.7 Å². The molecule has 0 amide bonds. The summed E-state index contributed by atoms with van der Waals surface area (Å²) in [5.74, 6) is 3.25. The van der Waals surface area contributed by atoms with Gasteiger partial charge in [0.25, 0.3) is 5.70 Å². The van der Waals surface area contributed by atoms with Gasteiger partial charge in [-0.15, -0.1) is 11.8 Å². The monoisotopic (exact) mass is 349 g/mol. The summed E-state index contributed by atoms with van der Waals surface area (Å²) >= 11 is 7.10. The zero-order chi connectivity index (χ0) is 16.9. The molecule has 1 heterocycles. The number of benzene rings is 2. The topological polar surface area (TPSA) is 27.7 Å². The van der Waals surface area contributed by atoms with Crippen LogP contribution < -0.4 is 4.57 Å². The fourth-order valence-electron chi connectivity index (χ4n) is 2.50. The standard InChI is InChI=1S/C20H17N2S2/c1-15-9-11-22(12-10-15)19(13-21)20(23)24-14-17-7-4-6-16-5-2-3-8-18(16)17/h2-12,21H,14H2,1H3/q+1. The summed E-state index contributed by atoms with van der Waals surface area (Å²) in [5, 5.41) is 10.1. The predicted molar refractivity (Wildman–Crippen MR) is 107 cm³/mol. The molecule has 4 heteroatoms. The number of pyridine rings is 1. The third kappa shape index (κ3) is 3.62. The Morgan fingerprint density at radius 3 is 2.54 bits per heavy atom. The van der Waals surface area contributed by atoms with Crippen molar-refractivity contribution in [3.8, 4) is 0 Å². The second-order valence-electron chi connectivity index (χ2n) is 5.47. The van der Waals surface area contributed by atoms with E-state index < -0.39 is 0 Å². The lowest BCUT2D eigenvalue weighted by Crippen LogP contribution is -2.34.